The van der Waals surface area contributed by atoms with Crippen molar-refractivity contribution < 1.29 is 14.6 Å². The van der Waals surface area contributed by atoms with E-state index in [2.05, 4.69) is 4.90 Å². The van der Waals surface area contributed by atoms with Gasteiger partial charge in [-0.25, -0.2) is 0 Å². The lowest BCUT2D eigenvalue weighted by Crippen LogP contribution is -2.54. The third-order valence-corrected chi connectivity index (χ3v) is 5.18. The zero-order valence-electron chi connectivity index (χ0n) is 14.7. The lowest BCUT2D eigenvalue weighted by molar-refractivity contribution is -0.142. The number of aromatic hydroxyl groups is 1. The summed E-state index contributed by atoms with van der Waals surface area (Å²) in [4.78, 5) is 17.4. The monoisotopic (exact) mass is 332 g/mol. The standard InChI is InChI=1S/C19H28N2O3/c1-19(2,13-15-3-5-17(22)6-4-15)18(23)21-10-8-20(9-11-21)16-7-12-24-14-16/h3-6,16,22H,7-14H2,1-2H3. The van der Waals surface area contributed by atoms with E-state index in [-0.39, 0.29) is 11.7 Å². The molecule has 0 radical (unpaired) electrons. The quantitative estimate of drug-likeness (QED) is 0.915. The Balaban J connectivity index is 1.56. The van der Waals surface area contributed by atoms with Crippen molar-refractivity contribution in [2.24, 2.45) is 5.41 Å². The molecule has 132 valence electrons. The number of carbonyl (C=O) groups excluding carboxylic acids is 1. The van der Waals surface area contributed by atoms with Crippen LogP contribution < -0.4 is 0 Å². The Kier molecular flexibility index (Phi) is 5.11. The fraction of sp³-hybridized carbons (Fsp3) is 0.632. The molecule has 1 atom stereocenters. The van der Waals surface area contributed by atoms with Crippen molar-refractivity contribution in [3.05, 3.63) is 29.8 Å². The van der Waals surface area contributed by atoms with Crippen LogP contribution in [0.25, 0.3) is 0 Å². The average Bonchev–Trinajstić information content (AvgIpc) is 3.11. The first-order valence-corrected chi connectivity index (χ1v) is 8.85. The predicted octanol–water partition coefficient (Wildman–Crippen LogP) is 1.89. The maximum absolute atomic E-state index is 13.0. The molecule has 2 aliphatic rings. The SMILES string of the molecule is CC(C)(Cc1ccc(O)cc1)C(=O)N1CCN(C2CCOC2)CC1. The third-order valence-electron chi connectivity index (χ3n) is 5.18. The molecule has 24 heavy (non-hydrogen) atoms. The number of carbonyl (C=O) groups is 1. The van der Waals surface area contributed by atoms with Gasteiger partial charge in [0.2, 0.25) is 5.91 Å². The van der Waals surface area contributed by atoms with Crippen LogP contribution in [0.1, 0.15) is 25.8 Å². The summed E-state index contributed by atoms with van der Waals surface area (Å²) in [7, 11) is 0. The second kappa shape index (κ2) is 7.11. The van der Waals surface area contributed by atoms with Crippen molar-refractivity contribution in [1.82, 2.24) is 9.80 Å². The van der Waals surface area contributed by atoms with Crippen LogP contribution in [0.15, 0.2) is 24.3 Å². The second-order valence-corrected chi connectivity index (χ2v) is 7.57. The summed E-state index contributed by atoms with van der Waals surface area (Å²) in [6.45, 7) is 9.20. The number of phenolic OH excluding ortho intramolecular Hbond substituents is 1. The number of rotatable bonds is 4. The number of amides is 1. The molecule has 1 aromatic rings. The number of ether oxygens (including phenoxy) is 1. The molecule has 2 fully saturated rings. The van der Waals surface area contributed by atoms with E-state index in [1.807, 2.05) is 30.9 Å². The second-order valence-electron chi connectivity index (χ2n) is 7.57. The molecule has 2 saturated heterocycles. The molecule has 5 heteroatoms. The number of hydrogen-bond acceptors (Lipinski definition) is 4. The van der Waals surface area contributed by atoms with E-state index in [1.54, 1.807) is 12.1 Å². The van der Waals surface area contributed by atoms with Crippen LogP contribution in [0.4, 0.5) is 0 Å². The molecule has 2 heterocycles. The van der Waals surface area contributed by atoms with Crippen LogP contribution in [0.5, 0.6) is 5.75 Å². The molecule has 1 amide bonds. The summed E-state index contributed by atoms with van der Waals surface area (Å²) in [5.41, 5.74) is 0.642. The highest BCUT2D eigenvalue weighted by molar-refractivity contribution is 5.82. The normalized spacial score (nSPS) is 22.8. The molecule has 2 aliphatic heterocycles. The highest BCUT2D eigenvalue weighted by Crippen LogP contribution is 2.27. The number of phenols is 1. The topological polar surface area (TPSA) is 53.0 Å². The Morgan fingerprint density at radius 1 is 1.21 bits per heavy atom. The largest absolute Gasteiger partial charge is 0.508 e. The minimum atomic E-state index is -0.435. The highest BCUT2D eigenvalue weighted by Gasteiger charge is 2.35. The lowest BCUT2D eigenvalue weighted by atomic mass is 9.84. The van der Waals surface area contributed by atoms with E-state index >= 15 is 0 Å². The fourth-order valence-corrected chi connectivity index (χ4v) is 3.73. The summed E-state index contributed by atoms with van der Waals surface area (Å²) in [6.07, 6.45) is 1.79. The molecule has 0 aliphatic carbocycles. The third kappa shape index (κ3) is 3.90. The number of nitrogens with zero attached hydrogens (tertiary/aromatic N) is 2. The Morgan fingerprint density at radius 2 is 1.88 bits per heavy atom. The fourth-order valence-electron chi connectivity index (χ4n) is 3.73. The van der Waals surface area contributed by atoms with Gasteiger partial charge in [0.15, 0.2) is 0 Å². The molecular weight excluding hydrogens is 304 g/mol. The minimum absolute atomic E-state index is 0.220. The molecule has 1 aromatic carbocycles. The van der Waals surface area contributed by atoms with E-state index in [0.717, 1.165) is 51.4 Å². The molecule has 5 nitrogen and oxygen atoms in total. The van der Waals surface area contributed by atoms with Gasteiger partial charge >= 0.3 is 0 Å². The van der Waals surface area contributed by atoms with Crippen molar-refractivity contribution in [3.63, 3.8) is 0 Å². The zero-order chi connectivity index (χ0) is 17.2. The first-order valence-electron chi connectivity index (χ1n) is 8.85. The van der Waals surface area contributed by atoms with E-state index in [1.165, 1.54) is 0 Å². The van der Waals surface area contributed by atoms with Crippen molar-refractivity contribution in [3.8, 4) is 5.75 Å². The van der Waals surface area contributed by atoms with Gasteiger partial charge in [-0.15, -0.1) is 0 Å². The molecular formula is C19H28N2O3. The van der Waals surface area contributed by atoms with Gasteiger partial charge in [0.05, 0.1) is 6.61 Å². The van der Waals surface area contributed by atoms with Gasteiger partial charge in [0, 0.05) is 44.2 Å². The Labute approximate surface area is 144 Å². The molecule has 0 bridgehead atoms. The van der Waals surface area contributed by atoms with Gasteiger partial charge in [0.25, 0.3) is 0 Å². The summed E-state index contributed by atoms with van der Waals surface area (Å²) in [6, 6.07) is 7.67. The first kappa shape index (κ1) is 17.2. The van der Waals surface area contributed by atoms with E-state index in [4.69, 9.17) is 4.74 Å². The number of benzene rings is 1. The van der Waals surface area contributed by atoms with Gasteiger partial charge in [-0.1, -0.05) is 26.0 Å². The lowest BCUT2D eigenvalue weighted by Gasteiger charge is -2.40. The van der Waals surface area contributed by atoms with E-state index in [0.29, 0.717) is 12.5 Å². The maximum Gasteiger partial charge on any atom is 0.228 e. The molecule has 0 spiro atoms. The molecule has 1 unspecified atom stereocenters. The van der Waals surface area contributed by atoms with Crippen LogP contribution in [0, 0.1) is 5.41 Å². The van der Waals surface area contributed by atoms with Crippen molar-refractivity contribution in [2.45, 2.75) is 32.7 Å². The van der Waals surface area contributed by atoms with Gasteiger partial charge in [-0.05, 0) is 30.5 Å². The van der Waals surface area contributed by atoms with Gasteiger partial charge in [-0.2, -0.15) is 0 Å². The van der Waals surface area contributed by atoms with Gasteiger partial charge in [0.1, 0.15) is 5.75 Å². The van der Waals surface area contributed by atoms with E-state index in [9.17, 15) is 9.90 Å². The van der Waals surface area contributed by atoms with Gasteiger partial charge in [-0.3, -0.25) is 9.69 Å². The predicted molar refractivity (Wildman–Crippen MR) is 93.0 cm³/mol. The van der Waals surface area contributed by atoms with Crippen molar-refractivity contribution in [2.75, 3.05) is 39.4 Å². The van der Waals surface area contributed by atoms with E-state index < -0.39 is 5.41 Å². The highest BCUT2D eigenvalue weighted by atomic mass is 16.5. The summed E-state index contributed by atoms with van der Waals surface area (Å²) >= 11 is 0. The van der Waals surface area contributed by atoms with Crippen LogP contribution in [0.2, 0.25) is 0 Å². The van der Waals surface area contributed by atoms with Crippen molar-refractivity contribution >= 4 is 5.91 Å². The van der Waals surface area contributed by atoms with Crippen LogP contribution in [-0.4, -0.2) is 66.2 Å². The Bertz CT molecular complexity index is 556. The molecule has 0 aromatic heterocycles. The van der Waals surface area contributed by atoms with Gasteiger partial charge < -0.3 is 14.7 Å². The van der Waals surface area contributed by atoms with Crippen LogP contribution in [-0.2, 0) is 16.0 Å². The van der Waals surface area contributed by atoms with Crippen LogP contribution >= 0.6 is 0 Å². The number of hydrogen-bond donors (Lipinski definition) is 1. The molecule has 3 rings (SSSR count). The molecule has 0 saturated carbocycles. The zero-order valence-corrected chi connectivity index (χ0v) is 14.7. The Morgan fingerprint density at radius 3 is 2.46 bits per heavy atom. The molecule has 1 N–H and O–H groups in total. The first-order chi connectivity index (χ1) is 11.5. The number of piperazine rings is 1. The summed E-state index contributed by atoms with van der Waals surface area (Å²) in [5, 5.41) is 9.39. The van der Waals surface area contributed by atoms with Crippen LogP contribution in [0.3, 0.4) is 0 Å². The smallest absolute Gasteiger partial charge is 0.228 e. The summed E-state index contributed by atoms with van der Waals surface area (Å²) in [5.74, 6) is 0.479. The average molecular weight is 332 g/mol. The summed E-state index contributed by atoms with van der Waals surface area (Å²) < 4.78 is 5.47. The van der Waals surface area contributed by atoms with Crippen molar-refractivity contribution in [1.29, 1.82) is 0 Å². The minimum Gasteiger partial charge on any atom is -0.508 e. The Hall–Kier alpha value is -1.59. The maximum atomic E-state index is 13.0.